The van der Waals surface area contributed by atoms with Crippen LogP contribution in [-0.4, -0.2) is 27.7 Å². The van der Waals surface area contributed by atoms with Gasteiger partial charge in [-0.15, -0.1) is 0 Å². The maximum absolute atomic E-state index is 12.3. The number of rotatable bonds is 5. The molecule has 2 aromatic carbocycles. The van der Waals surface area contributed by atoms with Crippen LogP contribution in [0.3, 0.4) is 0 Å². The van der Waals surface area contributed by atoms with Crippen molar-refractivity contribution in [1.82, 2.24) is 20.6 Å². The Bertz CT molecular complexity index is 1170. The fourth-order valence-electron chi connectivity index (χ4n) is 3.03. The minimum atomic E-state index is -0.803. The van der Waals surface area contributed by atoms with Crippen LogP contribution >= 0.6 is 0 Å². The van der Waals surface area contributed by atoms with Gasteiger partial charge in [0.15, 0.2) is 6.10 Å². The van der Waals surface area contributed by atoms with Crippen LogP contribution in [0, 0.1) is 13.8 Å². The Balaban J connectivity index is 1.63. The highest BCUT2D eigenvalue weighted by atomic mass is 16.5. The number of carbonyl (C=O) groups is 2. The molecule has 2 N–H and O–H groups in total. The van der Waals surface area contributed by atoms with Crippen molar-refractivity contribution in [1.29, 1.82) is 0 Å². The molecule has 0 saturated heterocycles. The van der Waals surface area contributed by atoms with E-state index >= 15 is 0 Å². The van der Waals surface area contributed by atoms with Gasteiger partial charge in [-0.3, -0.25) is 25.2 Å². The molecular weight excluding hydrogens is 384 g/mol. The molecule has 2 amide bonds. The number of benzene rings is 2. The topological polar surface area (TPSA) is 102 Å². The molecule has 0 radical (unpaired) electrons. The van der Waals surface area contributed by atoms with E-state index in [9.17, 15) is 14.4 Å². The lowest BCUT2D eigenvalue weighted by Crippen LogP contribution is -2.47. The van der Waals surface area contributed by atoms with Gasteiger partial charge in [-0.1, -0.05) is 30.3 Å². The second-order valence-electron chi connectivity index (χ2n) is 7.09. The smallest absolute Gasteiger partial charge is 0.279 e. The summed E-state index contributed by atoms with van der Waals surface area (Å²) in [5, 5.41) is 5.27. The summed E-state index contributed by atoms with van der Waals surface area (Å²) in [5.74, 6) is -0.328. The Morgan fingerprint density at radius 2 is 1.77 bits per heavy atom. The highest BCUT2D eigenvalue weighted by molar-refractivity contribution is 5.89. The fraction of sp³-hybridized carbons (Fsp3) is 0.273. The maximum Gasteiger partial charge on any atom is 0.279 e. The second kappa shape index (κ2) is 8.77. The zero-order valence-corrected chi connectivity index (χ0v) is 17.4. The number of hydrogen-bond donors (Lipinski definition) is 2. The predicted molar refractivity (Wildman–Crippen MR) is 113 cm³/mol. The molecular formula is C22H24N4O4. The molecule has 0 spiro atoms. The third kappa shape index (κ3) is 4.48. The van der Waals surface area contributed by atoms with Crippen molar-refractivity contribution in [3.05, 3.63) is 69.6 Å². The third-order valence-corrected chi connectivity index (χ3v) is 4.91. The molecule has 0 saturated carbocycles. The first-order valence-corrected chi connectivity index (χ1v) is 9.54. The molecule has 0 aliphatic carbocycles. The van der Waals surface area contributed by atoms with Gasteiger partial charge in [-0.2, -0.15) is 5.10 Å². The van der Waals surface area contributed by atoms with E-state index in [1.165, 1.54) is 11.7 Å². The van der Waals surface area contributed by atoms with Crippen LogP contribution in [0.5, 0.6) is 5.75 Å². The van der Waals surface area contributed by atoms with Crippen LogP contribution in [0.4, 0.5) is 0 Å². The number of fused-ring (bicyclic) bond motifs is 1. The van der Waals surface area contributed by atoms with E-state index < -0.39 is 17.9 Å². The summed E-state index contributed by atoms with van der Waals surface area (Å²) in [6, 6.07) is 12.6. The average Bonchev–Trinajstić information content (AvgIpc) is 2.73. The number of hydrazine groups is 1. The minimum absolute atomic E-state index is 0.0961. The Labute approximate surface area is 173 Å². The third-order valence-electron chi connectivity index (χ3n) is 4.91. The molecule has 30 heavy (non-hydrogen) atoms. The zero-order chi connectivity index (χ0) is 21.8. The molecule has 0 unspecified atom stereocenters. The van der Waals surface area contributed by atoms with Crippen molar-refractivity contribution in [2.75, 3.05) is 0 Å². The summed E-state index contributed by atoms with van der Waals surface area (Å²) in [4.78, 5) is 36.8. The summed E-state index contributed by atoms with van der Waals surface area (Å²) in [6.07, 6.45) is -0.900. The van der Waals surface area contributed by atoms with Gasteiger partial charge in [0.05, 0.1) is 17.5 Å². The Kier molecular flexibility index (Phi) is 6.15. The van der Waals surface area contributed by atoms with Crippen molar-refractivity contribution in [2.24, 2.45) is 7.05 Å². The molecule has 0 aliphatic heterocycles. The number of amides is 2. The van der Waals surface area contributed by atoms with Crippen molar-refractivity contribution in [3.63, 3.8) is 0 Å². The molecule has 1 heterocycles. The van der Waals surface area contributed by atoms with Crippen LogP contribution in [0.1, 0.15) is 23.7 Å². The van der Waals surface area contributed by atoms with Crippen molar-refractivity contribution in [2.45, 2.75) is 33.3 Å². The molecule has 1 aromatic heterocycles. The first kappa shape index (κ1) is 21.0. The quantitative estimate of drug-likeness (QED) is 0.626. The van der Waals surface area contributed by atoms with Crippen LogP contribution in [-0.2, 0) is 23.1 Å². The molecule has 1 atom stereocenters. The van der Waals surface area contributed by atoms with Gasteiger partial charge in [-0.05, 0) is 44.0 Å². The lowest BCUT2D eigenvalue weighted by Gasteiger charge is -2.17. The molecule has 3 aromatic rings. The highest BCUT2D eigenvalue weighted by Gasteiger charge is 2.18. The molecule has 0 fully saturated rings. The number of ether oxygens (including phenoxy) is 1. The van der Waals surface area contributed by atoms with Crippen molar-refractivity contribution in [3.8, 4) is 5.75 Å². The predicted octanol–water partition coefficient (Wildman–Crippen LogP) is 1.71. The summed E-state index contributed by atoms with van der Waals surface area (Å²) in [6.45, 7) is 5.48. The number of hydrogen-bond acceptors (Lipinski definition) is 5. The molecule has 8 heteroatoms. The lowest BCUT2D eigenvalue weighted by molar-refractivity contribution is -0.132. The first-order chi connectivity index (χ1) is 14.3. The number of aromatic nitrogens is 2. The Morgan fingerprint density at radius 3 is 2.50 bits per heavy atom. The van der Waals surface area contributed by atoms with Gasteiger partial charge in [0.2, 0.25) is 5.91 Å². The SMILES string of the molecule is Cc1cccc(O[C@H](C)C(=O)NNC(=O)Cc2nn(C)c(=O)c3ccccc23)c1C. The monoisotopic (exact) mass is 408 g/mol. The molecule has 0 aliphatic rings. The van der Waals surface area contributed by atoms with E-state index in [0.29, 0.717) is 22.2 Å². The van der Waals surface area contributed by atoms with E-state index in [1.807, 2.05) is 26.0 Å². The van der Waals surface area contributed by atoms with Crippen LogP contribution in [0.25, 0.3) is 10.8 Å². The van der Waals surface area contributed by atoms with Gasteiger partial charge in [0, 0.05) is 12.4 Å². The van der Waals surface area contributed by atoms with Crippen LogP contribution in [0.15, 0.2) is 47.3 Å². The zero-order valence-electron chi connectivity index (χ0n) is 17.4. The highest BCUT2D eigenvalue weighted by Crippen LogP contribution is 2.21. The van der Waals surface area contributed by atoms with Crippen LogP contribution in [0.2, 0.25) is 0 Å². The van der Waals surface area contributed by atoms with E-state index in [0.717, 1.165) is 11.1 Å². The Morgan fingerprint density at radius 1 is 1.07 bits per heavy atom. The Hall–Kier alpha value is -3.68. The van der Waals surface area contributed by atoms with Gasteiger partial charge in [-0.25, -0.2) is 4.68 Å². The number of nitrogens with one attached hydrogen (secondary N) is 2. The number of aryl methyl sites for hydroxylation is 2. The standard InChI is InChI=1S/C22H24N4O4/c1-13-8-7-11-19(14(13)2)30-15(3)21(28)24-23-20(27)12-18-16-9-5-6-10-17(16)22(29)26(4)25-18/h5-11,15H,12H2,1-4H3,(H,23,27)(H,24,28)/t15-/m1/s1. The van der Waals surface area contributed by atoms with E-state index in [4.69, 9.17) is 4.74 Å². The van der Waals surface area contributed by atoms with Gasteiger partial charge in [0.1, 0.15) is 5.75 Å². The molecule has 8 nitrogen and oxygen atoms in total. The maximum atomic E-state index is 12.3. The van der Waals surface area contributed by atoms with Gasteiger partial charge in [0.25, 0.3) is 11.5 Å². The summed E-state index contributed by atoms with van der Waals surface area (Å²) in [5.41, 5.74) is 6.97. The molecule has 0 bridgehead atoms. The largest absolute Gasteiger partial charge is 0.481 e. The summed E-state index contributed by atoms with van der Waals surface area (Å²) in [7, 11) is 1.53. The van der Waals surface area contributed by atoms with Crippen LogP contribution < -0.4 is 21.1 Å². The summed E-state index contributed by atoms with van der Waals surface area (Å²) >= 11 is 0. The van der Waals surface area contributed by atoms with E-state index in [-0.39, 0.29) is 12.0 Å². The normalized spacial score (nSPS) is 11.7. The second-order valence-corrected chi connectivity index (χ2v) is 7.09. The summed E-state index contributed by atoms with van der Waals surface area (Å²) < 4.78 is 6.91. The minimum Gasteiger partial charge on any atom is -0.481 e. The molecule has 156 valence electrons. The van der Waals surface area contributed by atoms with Crippen molar-refractivity contribution >= 4 is 22.6 Å². The van der Waals surface area contributed by atoms with Crippen molar-refractivity contribution < 1.29 is 14.3 Å². The molecule has 3 rings (SSSR count). The van der Waals surface area contributed by atoms with E-state index in [2.05, 4.69) is 16.0 Å². The van der Waals surface area contributed by atoms with Gasteiger partial charge >= 0.3 is 0 Å². The first-order valence-electron chi connectivity index (χ1n) is 9.54. The van der Waals surface area contributed by atoms with Gasteiger partial charge < -0.3 is 4.74 Å². The van der Waals surface area contributed by atoms with E-state index in [1.54, 1.807) is 37.3 Å². The number of nitrogens with zero attached hydrogens (tertiary/aromatic N) is 2. The fourth-order valence-corrected chi connectivity index (χ4v) is 3.03. The lowest BCUT2D eigenvalue weighted by atomic mass is 10.1. The number of carbonyl (C=O) groups excluding carboxylic acids is 2. The average molecular weight is 408 g/mol.